The van der Waals surface area contributed by atoms with Crippen molar-refractivity contribution in [2.24, 2.45) is 0 Å². The SMILES string of the molecule is CS(=O)CCCn1c(CCl)nc2cc(F)c(Br)cc21. The van der Waals surface area contributed by atoms with Gasteiger partial charge in [0, 0.05) is 35.4 Å². The van der Waals surface area contributed by atoms with Crippen LogP contribution in [0.2, 0.25) is 0 Å². The van der Waals surface area contributed by atoms with Gasteiger partial charge in [0.25, 0.3) is 0 Å². The van der Waals surface area contributed by atoms with Crippen molar-refractivity contribution in [3.8, 4) is 0 Å². The highest BCUT2D eigenvalue weighted by Crippen LogP contribution is 2.25. The Hall–Kier alpha value is -0.460. The van der Waals surface area contributed by atoms with Gasteiger partial charge < -0.3 is 4.57 Å². The standard InChI is InChI=1S/C12H13BrClFN2OS/c1-19(18)4-2-3-17-11-5-8(13)9(15)6-10(11)16-12(17)7-14/h5-6H,2-4,7H2,1H3. The Balaban J connectivity index is 2.39. The first-order valence-corrected chi connectivity index (χ1v) is 8.78. The highest BCUT2D eigenvalue weighted by Gasteiger charge is 2.12. The lowest BCUT2D eigenvalue weighted by Gasteiger charge is -2.07. The summed E-state index contributed by atoms with van der Waals surface area (Å²) in [5, 5.41) is 0. The van der Waals surface area contributed by atoms with E-state index in [0.717, 1.165) is 11.9 Å². The van der Waals surface area contributed by atoms with Gasteiger partial charge in [-0.1, -0.05) is 0 Å². The van der Waals surface area contributed by atoms with Gasteiger partial charge in [0.2, 0.25) is 0 Å². The number of alkyl halides is 1. The quantitative estimate of drug-likeness (QED) is 0.759. The number of nitrogens with zero attached hydrogens (tertiary/aromatic N) is 2. The van der Waals surface area contributed by atoms with E-state index in [2.05, 4.69) is 20.9 Å². The predicted molar refractivity (Wildman–Crippen MR) is 80.5 cm³/mol. The molecule has 3 nitrogen and oxygen atoms in total. The third-order valence-electron chi connectivity index (χ3n) is 2.80. The van der Waals surface area contributed by atoms with Crippen LogP contribution in [0.1, 0.15) is 12.2 Å². The second-order valence-electron chi connectivity index (χ2n) is 4.20. The van der Waals surface area contributed by atoms with E-state index in [1.165, 1.54) is 6.07 Å². The number of hydrogen-bond donors (Lipinski definition) is 0. The summed E-state index contributed by atoms with van der Waals surface area (Å²) in [6.07, 6.45) is 2.45. The summed E-state index contributed by atoms with van der Waals surface area (Å²) in [6, 6.07) is 3.10. The van der Waals surface area contributed by atoms with Crippen LogP contribution in [0.5, 0.6) is 0 Å². The van der Waals surface area contributed by atoms with E-state index in [1.807, 2.05) is 4.57 Å². The van der Waals surface area contributed by atoms with Crippen molar-refractivity contribution in [1.82, 2.24) is 9.55 Å². The zero-order valence-corrected chi connectivity index (χ0v) is 13.5. The zero-order chi connectivity index (χ0) is 14.0. The van der Waals surface area contributed by atoms with Crippen LogP contribution in [-0.4, -0.2) is 25.8 Å². The van der Waals surface area contributed by atoms with Crippen LogP contribution in [-0.2, 0) is 23.2 Å². The molecule has 104 valence electrons. The van der Waals surface area contributed by atoms with E-state index in [1.54, 1.807) is 12.3 Å². The van der Waals surface area contributed by atoms with Crippen LogP contribution >= 0.6 is 27.5 Å². The van der Waals surface area contributed by atoms with Gasteiger partial charge in [0.15, 0.2) is 0 Å². The lowest BCUT2D eigenvalue weighted by atomic mass is 10.3. The van der Waals surface area contributed by atoms with E-state index in [4.69, 9.17) is 11.6 Å². The number of aromatic nitrogens is 2. The van der Waals surface area contributed by atoms with Gasteiger partial charge in [0.1, 0.15) is 11.6 Å². The Kier molecular flexibility index (Phi) is 4.97. The summed E-state index contributed by atoms with van der Waals surface area (Å²) in [5.41, 5.74) is 1.43. The van der Waals surface area contributed by atoms with Crippen LogP contribution < -0.4 is 0 Å². The molecule has 1 atom stereocenters. The number of aryl methyl sites for hydroxylation is 1. The van der Waals surface area contributed by atoms with Crippen molar-refractivity contribution < 1.29 is 8.60 Å². The molecule has 0 amide bonds. The summed E-state index contributed by atoms with van der Waals surface area (Å²) >= 11 is 9.05. The predicted octanol–water partition coefficient (Wildman–Crippen LogP) is 3.45. The van der Waals surface area contributed by atoms with Crippen molar-refractivity contribution in [2.45, 2.75) is 18.8 Å². The van der Waals surface area contributed by atoms with Gasteiger partial charge in [-0.05, 0) is 28.4 Å². The van der Waals surface area contributed by atoms with E-state index in [0.29, 0.717) is 28.1 Å². The first kappa shape index (κ1) is 14.9. The molecule has 0 spiro atoms. The molecule has 1 heterocycles. The molecule has 2 rings (SSSR count). The molecule has 1 aromatic carbocycles. The van der Waals surface area contributed by atoms with Gasteiger partial charge >= 0.3 is 0 Å². The summed E-state index contributed by atoms with van der Waals surface area (Å²) < 4.78 is 26.9. The number of benzene rings is 1. The minimum atomic E-state index is -0.813. The Bertz CT molecular complexity index is 632. The lowest BCUT2D eigenvalue weighted by molar-refractivity contribution is 0.622. The number of rotatable bonds is 5. The average Bonchev–Trinajstić information content (AvgIpc) is 2.67. The Labute approximate surface area is 126 Å². The summed E-state index contributed by atoms with van der Waals surface area (Å²) in [5.74, 6) is 1.26. The van der Waals surface area contributed by atoms with Crippen molar-refractivity contribution in [3.63, 3.8) is 0 Å². The Morgan fingerprint density at radius 1 is 1.53 bits per heavy atom. The molecule has 2 aromatic rings. The number of fused-ring (bicyclic) bond motifs is 1. The number of hydrogen-bond acceptors (Lipinski definition) is 2. The smallest absolute Gasteiger partial charge is 0.139 e. The van der Waals surface area contributed by atoms with Gasteiger partial charge in [-0.3, -0.25) is 4.21 Å². The maximum atomic E-state index is 13.5. The second-order valence-corrected chi connectivity index (χ2v) is 6.88. The fourth-order valence-corrected chi connectivity index (χ4v) is 3.02. The highest BCUT2D eigenvalue weighted by molar-refractivity contribution is 9.10. The minimum absolute atomic E-state index is 0.267. The molecular formula is C12H13BrClFN2OS. The normalized spacial score (nSPS) is 13.1. The van der Waals surface area contributed by atoms with Gasteiger partial charge in [-0.2, -0.15) is 0 Å². The molecule has 0 fully saturated rings. The van der Waals surface area contributed by atoms with Gasteiger partial charge in [0.05, 0.1) is 21.4 Å². The first-order chi connectivity index (χ1) is 9.02. The molecule has 0 aliphatic carbocycles. The van der Waals surface area contributed by atoms with Crippen molar-refractivity contribution in [3.05, 3.63) is 28.2 Å². The lowest BCUT2D eigenvalue weighted by Crippen LogP contribution is -2.06. The van der Waals surface area contributed by atoms with E-state index >= 15 is 0 Å². The van der Waals surface area contributed by atoms with Crippen molar-refractivity contribution >= 4 is 49.4 Å². The number of halogens is 3. The first-order valence-electron chi connectivity index (χ1n) is 5.73. The van der Waals surface area contributed by atoms with Crippen LogP contribution in [0.4, 0.5) is 4.39 Å². The topological polar surface area (TPSA) is 34.9 Å². The fourth-order valence-electron chi connectivity index (χ4n) is 1.95. The molecule has 0 bridgehead atoms. The molecule has 19 heavy (non-hydrogen) atoms. The van der Waals surface area contributed by atoms with E-state index < -0.39 is 10.8 Å². The third kappa shape index (κ3) is 3.35. The largest absolute Gasteiger partial charge is 0.327 e. The molecule has 0 saturated carbocycles. The van der Waals surface area contributed by atoms with Crippen LogP contribution in [0.15, 0.2) is 16.6 Å². The van der Waals surface area contributed by atoms with Gasteiger partial charge in [-0.15, -0.1) is 11.6 Å². The molecule has 7 heteroatoms. The summed E-state index contributed by atoms with van der Waals surface area (Å²) in [4.78, 5) is 4.33. The molecule has 0 aliphatic rings. The molecule has 0 radical (unpaired) electrons. The zero-order valence-electron chi connectivity index (χ0n) is 10.3. The minimum Gasteiger partial charge on any atom is -0.327 e. The van der Waals surface area contributed by atoms with E-state index in [-0.39, 0.29) is 11.7 Å². The maximum Gasteiger partial charge on any atom is 0.139 e. The van der Waals surface area contributed by atoms with Crippen LogP contribution in [0, 0.1) is 5.82 Å². The van der Waals surface area contributed by atoms with Crippen molar-refractivity contribution in [2.75, 3.05) is 12.0 Å². The second kappa shape index (κ2) is 6.33. The summed E-state index contributed by atoms with van der Waals surface area (Å²) in [7, 11) is -0.813. The van der Waals surface area contributed by atoms with Crippen molar-refractivity contribution in [1.29, 1.82) is 0 Å². The number of imidazole rings is 1. The Morgan fingerprint density at radius 3 is 2.89 bits per heavy atom. The monoisotopic (exact) mass is 366 g/mol. The fraction of sp³-hybridized carbons (Fsp3) is 0.417. The summed E-state index contributed by atoms with van der Waals surface area (Å²) in [6.45, 7) is 0.677. The van der Waals surface area contributed by atoms with E-state index in [9.17, 15) is 8.60 Å². The maximum absolute atomic E-state index is 13.5. The molecular weight excluding hydrogens is 355 g/mol. The molecule has 0 N–H and O–H groups in total. The third-order valence-corrected chi connectivity index (χ3v) is 4.51. The highest BCUT2D eigenvalue weighted by atomic mass is 79.9. The molecule has 1 aromatic heterocycles. The molecule has 1 unspecified atom stereocenters. The Morgan fingerprint density at radius 2 is 2.26 bits per heavy atom. The van der Waals surface area contributed by atoms with Crippen LogP contribution in [0.3, 0.4) is 0 Å². The van der Waals surface area contributed by atoms with Crippen LogP contribution in [0.25, 0.3) is 11.0 Å². The van der Waals surface area contributed by atoms with Gasteiger partial charge in [-0.25, -0.2) is 9.37 Å². The molecule has 0 aliphatic heterocycles. The average molecular weight is 368 g/mol. The molecule has 0 saturated heterocycles.